The summed E-state index contributed by atoms with van der Waals surface area (Å²) in [4.78, 5) is 10.5. The number of hydrogen-bond donors (Lipinski definition) is 0. The number of benzene rings is 2. The zero-order valence-corrected chi connectivity index (χ0v) is 22.7. The van der Waals surface area contributed by atoms with Crippen LogP contribution in [0.1, 0.15) is 51.0 Å². The molecule has 0 unspecified atom stereocenters. The first-order valence-corrected chi connectivity index (χ1v) is 13.6. The van der Waals surface area contributed by atoms with Gasteiger partial charge in [0.2, 0.25) is 0 Å². The van der Waals surface area contributed by atoms with Gasteiger partial charge >= 0.3 is 0 Å². The Morgan fingerprint density at radius 2 is 1.61 bits per heavy atom. The molecule has 0 amide bonds. The summed E-state index contributed by atoms with van der Waals surface area (Å²) >= 11 is 0. The van der Waals surface area contributed by atoms with Crippen molar-refractivity contribution in [3.8, 4) is 22.9 Å². The number of nitrogens with zero attached hydrogens (tertiary/aromatic N) is 4. The highest BCUT2D eigenvalue weighted by Gasteiger charge is 2.29. The molecule has 36 heavy (non-hydrogen) atoms. The molecule has 2 fully saturated rings. The van der Waals surface area contributed by atoms with E-state index < -0.39 is 0 Å². The molecule has 0 bridgehead atoms. The molecule has 3 heterocycles. The first-order chi connectivity index (χ1) is 17.5. The van der Waals surface area contributed by atoms with Crippen molar-refractivity contribution in [1.82, 2.24) is 19.4 Å². The van der Waals surface area contributed by atoms with Gasteiger partial charge in [-0.15, -0.1) is 0 Å². The van der Waals surface area contributed by atoms with E-state index in [1.54, 1.807) is 14.2 Å². The van der Waals surface area contributed by atoms with Crippen molar-refractivity contribution < 1.29 is 9.47 Å². The number of fused-ring (bicyclic) bond motifs is 1. The Morgan fingerprint density at radius 1 is 0.889 bits per heavy atom. The van der Waals surface area contributed by atoms with Gasteiger partial charge in [-0.1, -0.05) is 19.9 Å². The highest BCUT2D eigenvalue weighted by Crippen LogP contribution is 2.35. The number of methoxy groups -OCH3 is 2. The predicted molar refractivity (Wildman–Crippen MR) is 147 cm³/mol. The molecule has 2 saturated heterocycles. The Bertz CT molecular complexity index is 1170. The van der Waals surface area contributed by atoms with E-state index in [1.165, 1.54) is 64.0 Å². The Hall–Kier alpha value is -2.57. The fourth-order valence-electron chi connectivity index (χ4n) is 6.29. The second-order valence-corrected chi connectivity index (χ2v) is 11.0. The van der Waals surface area contributed by atoms with Crippen molar-refractivity contribution in [1.29, 1.82) is 0 Å². The summed E-state index contributed by atoms with van der Waals surface area (Å²) in [6.45, 7) is 10.9. The van der Waals surface area contributed by atoms with Crippen molar-refractivity contribution in [3.05, 3.63) is 42.0 Å². The first-order valence-electron chi connectivity index (χ1n) is 13.6. The lowest BCUT2D eigenvalue weighted by Gasteiger charge is -2.42. The number of likely N-dealkylation sites (tertiary alicyclic amines) is 2. The van der Waals surface area contributed by atoms with Gasteiger partial charge in [-0.05, 0) is 99.6 Å². The Morgan fingerprint density at radius 3 is 2.28 bits per heavy atom. The molecule has 194 valence electrons. The van der Waals surface area contributed by atoms with Gasteiger partial charge < -0.3 is 23.8 Å². The number of imidazole rings is 1. The van der Waals surface area contributed by atoms with Gasteiger partial charge in [0, 0.05) is 25.2 Å². The van der Waals surface area contributed by atoms with Crippen LogP contribution in [0.3, 0.4) is 0 Å². The zero-order valence-electron chi connectivity index (χ0n) is 22.7. The van der Waals surface area contributed by atoms with E-state index >= 15 is 0 Å². The Labute approximate surface area is 216 Å². The fourth-order valence-corrected chi connectivity index (χ4v) is 6.29. The molecule has 6 nitrogen and oxygen atoms in total. The summed E-state index contributed by atoms with van der Waals surface area (Å²) in [5.74, 6) is 3.79. The van der Waals surface area contributed by atoms with Crippen molar-refractivity contribution >= 4 is 11.0 Å². The lowest BCUT2D eigenvalue weighted by atomic mass is 9.87. The third kappa shape index (κ3) is 5.12. The van der Waals surface area contributed by atoms with Crippen LogP contribution in [-0.2, 0) is 7.05 Å². The lowest BCUT2D eigenvalue weighted by molar-refractivity contribution is 0.0828. The quantitative estimate of drug-likeness (QED) is 0.434. The number of ether oxygens (including phenoxy) is 2. The van der Waals surface area contributed by atoms with Crippen LogP contribution in [0, 0.1) is 5.92 Å². The monoisotopic (exact) mass is 490 g/mol. The normalized spacial score (nSPS) is 18.8. The van der Waals surface area contributed by atoms with Crippen molar-refractivity contribution in [2.24, 2.45) is 13.0 Å². The van der Waals surface area contributed by atoms with E-state index in [0.717, 1.165) is 45.9 Å². The molecule has 0 saturated carbocycles. The molecular formula is C30H42N4O2. The van der Waals surface area contributed by atoms with Crippen molar-refractivity contribution in [2.75, 3.05) is 46.9 Å². The van der Waals surface area contributed by atoms with E-state index in [2.05, 4.69) is 53.5 Å². The minimum Gasteiger partial charge on any atom is -0.493 e. The maximum absolute atomic E-state index is 5.52. The molecule has 0 aliphatic carbocycles. The minimum atomic E-state index is 0.623. The molecule has 0 atom stereocenters. The van der Waals surface area contributed by atoms with Gasteiger partial charge in [-0.2, -0.15) is 0 Å². The molecule has 2 aliphatic heterocycles. The van der Waals surface area contributed by atoms with Crippen LogP contribution >= 0.6 is 0 Å². The topological polar surface area (TPSA) is 42.8 Å². The van der Waals surface area contributed by atoms with Crippen LogP contribution in [0.25, 0.3) is 22.4 Å². The summed E-state index contributed by atoms with van der Waals surface area (Å²) in [5.41, 5.74) is 4.69. The maximum atomic E-state index is 5.52. The number of aryl methyl sites for hydroxylation is 1. The predicted octanol–water partition coefficient (Wildman–Crippen LogP) is 5.56. The van der Waals surface area contributed by atoms with Crippen LogP contribution in [-0.4, -0.2) is 72.3 Å². The number of hydrogen-bond acceptors (Lipinski definition) is 5. The first kappa shape index (κ1) is 25.1. The van der Waals surface area contributed by atoms with Gasteiger partial charge in [-0.3, -0.25) is 0 Å². The third-order valence-corrected chi connectivity index (χ3v) is 8.24. The lowest BCUT2D eigenvalue weighted by Crippen LogP contribution is -2.48. The van der Waals surface area contributed by atoms with Crippen LogP contribution in [0.15, 0.2) is 36.4 Å². The molecule has 2 aromatic carbocycles. The van der Waals surface area contributed by atoms with Gasteiger partial charge in [0.25, 0.3) is 0 Å². The van der Waals surface area contributed by atoms with Crippen LogP contribution in [0.2, 0.25) is 0 Å². The van der Waals surface area contributed by atoms with Gasteiger partial charge in [-0.25, -0.2) is 4.98 Å². The van der Waals surface area contributed by atoms with Crippen LogP contribution in [0.4, 0.5) is 0 Å². The van der Waals surface area contributed by atoms with E-state index in [1.807, 2.05) is 18.2 Å². The van der Waals surface area contributed by atoms with E-state index in [-0.39, 0.29) is 0 Å². The molecule has 3 aromatic rings. The second kappa shape index (κ2) is 10.8. The molecule has 0 radical (unpaired) electrons. The zero-order chi connectivity index (χ0) is 25.2. The van der Waals surface area contributed by atoms with Crippen LogP contribution < -0.4 is 9.47 Å². The summed E-state index contributed by atoms with van der Waals surface area (Å²) < 4.78 is 13.1. The van der Waals surface area contributed by atoms with Crippen LogP contribution in [0.5, 0.6) is 11.5 Å². The highest BCUT2D eigenvalue weighted by atomic mass is 16.5. The van der Waals surface area contributed by atoms with Crippen molar-refractivity contribution in [2.45, 2.75) is 51.5 Å². The number of rotatable bonds is 7. The largest absolute Gasteiger partial charge is 0.493 e. The molecule has 0 N–H and O–H groups in total. The number of aromatic nitrogens is 2. The summed E-state index contributed by atoms with van der Waals surface area (Å²) in [7, 11) is 5.42. The third-order valence-electron chi connectivity index (χ3n) is 8.24. The Balaban J connectivity index is 1.26. The van der Waals surface area contributed by atoms with E-state index in [0.29, 0.717) is 5.92 Å². The average Bonchev–Trinajstić information content (AvgIpc) is 3.24. The molecular weight excluding hydrogens is 448 g/mol. The summed E-state index contributed by atoms with van der Waals surface area (Å²) in [6.07, 6.45) is 5.15. The molecule has 0 spiro atoms. The molecule has 5 rings (SSSR count). The SMILES string of the molecule is COc1ccc(-c2nc3cc(C4CCN(C5CCN(CC(C)C)CC5)CC4)ccc3n2C)cc1OC. The Kier molecular flexibility index (Phi) is 7.54. The minimum absolute atomic E-state index is 0.623. The van der Waals surface area contributed by atoms with Gasteiger partial charge in [0.05, 0.1) is 25.3 Å². The van der Waals surface area contributed by atoms with Gasteiger partial charge in [0.1, 0.15) is 5.82 Å². The fraction of sp³-hybridized carbons (Fsp3) is 0.567. The summed E-state index contributed by atoms with van der Waals surface area (Å²) in [6, 6.07) is 13.7. The van der Waals surface area contributed by atoms with Gasteiger partial charge in [0.15, 0.2) is 11.5 Å². The summed E-state index contributed by atoms with van der Waals surface area (Å²) in [5, 5.41) is 0. The van der Waals surface area contributed by atoms with E-state index in [9.17, 15) is 0 Å². The molecule has 6 heteroatoms. The standard InChI is InChI=1S/C30H42N4O2/c1-21(2)20-33-14-12-25(13-15-33)34-16-10-22(11-17-34)23-6-8-27-26(18-23)31-30(32(27)3)24-7-9-28(35-4)29(19-24)36-5/h6-9,18-19,21-22,25H,10-17,20H2,1-5H3. The average molecular weight is 491 g/mol. The molecule has 1 aromatic heterocycles. The molecule has 2 aliphatic rings. The maximum Gasteiger partial charge on any atom is 0.161 e. The number of piperidine rings is 2. The van der Waals surface area contributed by atoms with Crippen molar-refractivity contribution in [3.63, 3.8) is 0 Å². The highest BCUT2D eigenvalue weighted by molar-refractivity contribution is 5.81. The second-order valence-electron chi connectivity index (χ2n) is 11.0. The van der Waals surface area contributed by atoms with E-state index in [4.69, 9.17) is 14.5 Å². The smallest absolute Gasteiger partial charge is 0.161 e.